The number of carbonyl (C=O) groups excluding carboxylic acids is 1. The van der Waals surface area contributed by atoms with Crippen LogP contribution in [0.3, 0.4) is 0 Å². The zero-order valence-corrected chi connectivity index (χ0v) is 20.2. The first-order chi connectivity index (χ1) is 17.0. The Morgan fingerprint density at radius 1 is 1.20 bits per heavy atom. The van der Waals surface area contributed by atoms with Gasteiger partial charge in [0.05, 0.1) is 31.1 Å². The Hall–Kier alpha value is -3.26. The van der Waals surface area contributed by atoms with E-state index in [1.54, 1.807) is 24.5 Å². The highest BCUT2D eigenvalue weighted by Gasteiger charge is 2.29. The monoisotopic (exact) mass is 493 g/mol. The van der Waals surface area contributed by atoms with Crippen LogP contribution in [0.2, 0.25) is 5.02 Å². The number of aliphatic hydroxyl groups is 1. The minimum absolute atomic E-state index is 0.317. The van der Waals surface area contributed by atoms with E-state index in [0.717, 1.165) is 22.4 Å². The Kier molecular flexibility index (Phi) is 8.47. The molecule has 0 saturated carbocycles. The number of hydrazone groups is 1. The molecule has 35 heavy (non-hydrogen) atoms. The second-order valence-electron chi connectivity index (χ2n) is 8.35. The smallest absolute Gasteiger partial charge is 0.271 e. The highest BCUT2D eigenvalue weighted by molar-refractivity contribution is 6.31. The number of carbonyl (C=O) groups is 1. The highest BCUT2D eigenvalue weighted by Crippen LogP contribution is 2.33. The van der Waals surface area contributed by atoms with E-state index in [0.29, 0.717) is 36.5 Å². The van der Waals surface area contributed by atoms with Crippen LogP contribution in [0.1, 0.15) is 52.9 Å². The molecule has 2 heterocycles. The van der Waals surface area contributed by atoms with Crippen LogP contribution in [0.5, 0.6) is 5.75 Å². The molecule has 1 aromatic heterocycles. The molecular weight excluding hydrogens is 466 g/mol. The minimum atomic E-state index is -0.550. The number of amides is 1. The predicted molar refractivity (Wildman–Crippen MR) is 135 cm³/mol. The van der Waals surface area contributed by atoms with Crippen molar-refractivity contribution in [2.45, 2.75) is 44.5 Å². The number of ether oxygens (including phenoxy) is 2. The van der Waals surface area contributed by atoms with Gasteiger partial charge in [-0.3, -0.25) is 9.78 Å². The number of rotatable bonds is 8. The molecule has 1 aliphatic heterocycles. The van der Waals surface area contributed by atoms with E-state index in [2.05, 4.69) is 15.5 Å². The van der Waals surface area contributed by atoms with Crippen LogP contribution in [0.15, 0.2) is 72.1 Å². The lowest BCUT2D eigenvalue weighted by Gasteiger charge is -2.32. The fourth-order valence-corrected chi connectivity index (χ4v) is 4.20. The number of nitrogens with zero attached hydrogens (tertiary/aromatic N) is 2. The molecule has 0 spiro atoms. The van der Waals surface area contributed by atoms with E-state index in [9.17, 15) is 9.90 Å². The van der Waals surface area contributed by atoms with E-state index in [4.69, 9.17) is 21.1 Å². The van der Waals surface area contributed by atoms with Gasteiger partial charge in [0, 0.05) is 35.8 Å². The maximum Gasteiger partial charge on any atom is 0.271 e. The third-order valence-electron chi connectivity index (χ3n) is 5.75. The van der Waals surface area contributed by atoms with Crippen molar-refractivity contribution in [3.63, 3.8) is 0 Å². The van der Waals surface area contributed by atoms with Crippen molar-refractivity contribution in [1.82, 2.24) is 10.4 Å². The Balaban J connectivity index is 1.41. The van der Waals surface area contributed by atoms with Crippen LogP contribution in [0.25, 0.3) is 0 Å². The van der Waals surface area contributed by atoms with Crippen molar-refractivity contribution in [1.29, 1.82) is 0 Å². The van der Waals surface area contributed by atoms with Crippen LogP contribution < -0.4 is 10.2 Å². The van der Waals surface area contributed by atoms with Gasteiger partial charge < -0.3 is 14.6 Å². The van der Waals surface area contributed by atoms with Crippen LogP contribution in [0.4, 0.5) is 0 Å². The summed E-state index contributed by atoms with van der Waals surface area (Å²) >= 11 is 6.49. The van der Waals surface area contributed by atoms with E-state index >= 15 is 0 Å². The first-order valence-corrected chi connectivity index (χ1v) is 12.0. The lowest BCUT2D eigenvalue weighted by Crippen LogP contribution is -2.33. The average Bonchev–Trinajstić information content (AvgIpc) is 2.87. The second-order valence-corrected chi connectivity index (χ2v) is 8.76. The van der Waals surface area contributed by atoms with E-state index in [-0.39, 0.29) is 12.0 Å². The van der Waals surface area contributed by atoms with Gasteiger partial charge in [-0.25, -0.2) is 5.43 Å². The second kappa shape index (κ2) is 11.9. The van der Waals surface area contributed by atoms with Crippen molar-refractivity contribution in [3.05, 3.63) is 94.3 Å². The first-order valence-electron chi connectivity index (χ1n) is 11.6. The van der Waals surface area contributed by atoms with Gasteiger partial charge in [0.15, 0.2) is 0 Å². The fourth-order valence-electron chi connectivity index (χ4n) is 4.01. The van der Waals surface area contributed by atoms with Crippen molar-refractivity contribution in [2.24, 2.45) is 5.10 Å². The number of pyridine rings is 1. The van der Waals surface area contributed by atoms with Crippen LogP contribution in [-0.4, -0.2) is 41.0 Å². The molecule has 4 rings (SSSR count). The molecule has 3 aromatic rings. The summed E-state index contributed by atoms with van der Waals surface area (Å²) < 4.78 is 11.7. The van der Waals surface area contributed by atoms with Gasteiger partial charge in [0.25, 0.3) is 5.91 Å². The summed E-state index contributed by atoms with van der Waals surface area (Å²) in [6.07, 6.45) is 4.84. The Bertz CT molecular complexity index is 1150. The molecule has 0 unspecified atom stereocenters. The molecule has 2 N–H and O–H groups in total. The van der Waals surface area contributed by atoms with Crippen molar-refractivity contribution in [3.8, 4) is 5.75 Å². The molecule has 1 amide bonds. The topological polar surface area (TPSA) is 93.0 Å². The van der Waals surface area contributed by atoms with Gasteiger partial charge in [-0.1, -0.05) is 35.9 Å². The van der Waals surface area contributed by atoms with Crippen LogP contribution >= 0.6 is 11.6 Å². The number of halogens is 1. The summed E-state index contributed by atoms with van der Waals surface area (Å²) in [6.45, 7) is 2.59. The molecule has 182 valence electrons. The number of aromatic nitrogens is 1. The quantitative estimate of drug-likeness (QED) is 0.350. The fraction of sp³-hybridized carbons (Fsp3) is 0.296. The molecular formula is C27H28ClN3O4. The summed E-state index contributed by atoms with van der Waals surface area (Å²) in [4.78, 5) is 16.0. The molecule has 0 aliphatic carbocycles. The van der Waals surface area contributed by atoms with Gasteiger partial charge in [-0.05, 0) is 60.4 Å². The Morgan fingerprint density at radius 3 is 2.71 bits per heavy atom. The number of aliphatic hydroxyl groups excluding tert-OH is 1. The number of hydrogen-bond acceptors (Lipinski definition) is 6. The van der Waals surface area contributed by atoms with Gasteiger partial charge in [0.2, 0.25) is 0 Å². The predicted octanol–water partition coefficient (Wildman–Crippen LogP) is 4.72. The molecule has 1 fully saturated rings. The highest BCUT2D eigenvalue weighted by atomic mass is 35.5. The molecule has 2 aromatic carbocycles. The normalized spacial score (nSPS) is 20.0. The molecule has 0 bridgehead atoms. The largest absolute Gasteiger partial charge is 0.494 e. The Morgan fingerprint density at radius 2 is 1.97 bits per heavy atom. The lowest BCUT2D eigenvalue weighted by molar-refractivity contribution is -0.0681. The summed E-state index contributed by atoms with van der Waals surface area (Å²) in [6, 6.07) is 17.0. The van der Waals surface area contributed by atoms with Gasteiger partial charge >= 0.3 is 0 Å². The zero-order valence-electron chi connectivity index (χ0n) is 19.4. The lowest BCUT2D eigenvalue weighted by atomic mass is 9.94. The maximum atomic E-state index is 12.1. The number of benzene rings is 2. The number of nitrogens with one attached hydrogen (secondary N) is 1. The van der Waals surface area contributed by atoms with E-state index < -0.39 is 12.2 Å². The van der Waals surface area contributed by atoms with Crippen LogP contribution in [-0.2, 0) is 11.2 Å². The van der Waals surface area contributed by atoms with Gasteiger partial charge in [-0.2, -0.15) is 5.10 Å². The van der Waals surface area contributed by atoms with E-state index in [1.807, 2.05) is 49.4 Å². The van der Waals surface area contributed by atoms with Crippen molar-refractivity contribution < 1.29 is 19.4 Å². The van der Waals surface area contributed by atoms with Crippen molar-refractivity contribution in [2.75, 3.05) is 6.61 Å². The molecule has 7 nitrogen and oxygen atoms in total. The average molecular weight is 494 g/mol. The van der Waals surface area contributed by atoms with Gasteiger partial charge in [-0.15, -0.1) is 0 Å². The molecule has 1 saturated heterocycles. The minimum Gasteiger partial charge on any atom is -0.494 e. The van der Waals surface area contributed by atoms with Gasteiger partial charge in [0.1, 0.15) is 5.75 Å². The third-order valence-corrected chi connectivity index (χ3v) is 6.12. The molecule has 0 radical (unpaired) electrons. The SMILES string of the molecule is CCOc1ccc(Cc2cc([C@H]3C[C@@H](O)C[C@@H](/C=N/NC(=O)c4ccncc4)O3)ccc2Cl)cc1. The molecule has 8 heteroatoms. The van der Waals surface area contributed by atoms with Crippen molar-refractivity contribution >= 4 is 23.7 Å². The van der Waals surface area contributed by atoms with Crippen LogP contribution in [0, 0.1) is 0 Å². The van der Waals surface area contributed by atoms with E-state index in [1.165, 1.54) is 6.21 Å². The third kappa shape index (κ3) is 6.88. The summed E-state index contributed by atoms with van der Waals surface area (Å²) in [5, 5.41) is 15.2. The standard InChI is InChI=1S/C27H28ClN3O4/c1-2-34-23-6-3-18(4-7-23)13-21-14-20(5-8-25(21)28)26-16-22(32)15-24(35-26)17-30-31-27(33)19-9-11-29-12-10-19/h3-12,14,17,22,24,26,32H,2,13,15-16H2,1H3,(H,31,33)/b30-17+/t22-,24-,26+/m0/s1. The molecule has 1 aliphatic rings. The first kappa shape index (κ1) is 24.9. The number of hydrogen-bond donors (Lipinski definition) is 2. The summed E-state index contributed by atoms with van der Waals surface area (Å²) in [5.41, 5.74) is 5.98. The molecule has 3 atom stereocenters. The summed E-state index contributed by atoms with van der Waals surface area (Å²) in [5.74, 6) is 0.499. The Labute approximate surface area is 209 Å². The maximum absolute atomic E-state index is 12.1. The zero-order chi connectivity index (χ0) is 24.6. The summed E-state index contributed by atoms with van der Waals surface area (Å²) in [7, 11) is 0.